The third-order valence-electron chi connectivity index (χ3n) is 5.28. The summed E-state index contributed by atoms with van der Waals surface area (Å²) in [6.07, 6.45) is -1.40. The van der Waals surface area contributed by atoms with Crippen LogP contribution in [0.15, 0.2) is 36.7 Å². The van der Waals surface area contributed by atoms with E-state index in [1.165, 1.54) is 6.07 Å². The Morgan fingerprint density at radius 2 is 1.66 bits per heavy atom. The number of nitro groups is 1. The number of aryl methyl sites for hydroxylation is 2. The fraction of sp³-hybridized carbons (Fsp3) is 0.350. The second-order valence-electron chi connectivity index (χ2n) is 7.51. The van der Waals surface area contributed by atoms with Crippen molar-refractivity contribution in [3.63, 3.8) is 0 Å². The molecule has 1 aliphatic heterocycles. The Morgan fingerprint density at radius 3 is 2.25 bits per heavy atom. The van der Waals surface area contributed by atoms with Gasteiger partial charge in [-0.25, -0.2) is 9.67 Å². The lowest BCUT2D eigenvalue weighted by atomic mass is 10.1. The van der Waals surface area contributed by atoms with Gasteiger partial charge in [-0.05, 0) is 32.0 Å². The number of aromatic nitrogens is 4. The molecule has 1 aromatic carbocycles. The largest absolute Gasteiger partial charge is 0.416 e. The minimum Gasteiger partial charge on any atom is -0.362 e. The first kappa shape index (κ1) is 21.5. The lowest BCUT2D eigenvalue weighted by Crippen LogP contribution is -2.47. The van der Waals surface area contributed by atoms with Gasteiger partial charge in [0.05, 0.1) is 28.6 Å². The number of nitro benzene ring substituents is 1. The molecular formula is C20H20F3N7O2. The quantitative estimate of drug-likeness (QED) is 0.446. The summed E-state index contributed by atoms with van der Waals surface area (Å²) in [6.45, 7) is 5.54. The number of hydrogen-bond acceptors (Lipinski definition) is 7. The van der Waals surface area contributed by atoms with Crippen molar-refractivity contribution < 1.29 is 18.1 Å². The third kappa shape index (κ3) is 4.20. The Bertz CT molecular complexity index is 1150. The van der Waals surface area contributed by atoms with E-state index in [1.807, 2.05) is 24.8 Å². The van der Waals surface area contributed by atoms with E-state index >= 15 is 0 Å². The minimum absolute atomic E-state index is 0.171. The average molecular weight is 447 g/mol. The van der Waals surface area contributed by atoms with Crippen molar-refractivity contribution in [3.05, 3.63) is 63.7 Å². The molecule has 0 atom stereocenters. The van der Waals surface area contributed by atoms with Crippen molar-refractivity contribution in [2.75, 3.05) is 36.0 Å². The topological polar surface area (TPSA) is 93.2 Å². The predicted molar refractivity (Wildman–Crippen MR) is 111 cm³/mol. The van der Waals surface area contributed by atoms with E-state index in [4.69, 9.17) is 0 Å². The molecule has 1 aliphatic rings. The summed E-state index contributed by atoms with van der Waals surface area (Å²) in [6, 6.07) is 4.56. The van der Waals surface area contributed by atoms with Crippen LogP contribution >= 0.6 is 0 Å². The van der Waals surface area contributed by atoms with Gasteiger partial charge in [-0.2, -0.15) is 18.3 Å². The van der Waals surface area contributed by atoms with Crippen LogP contribution in [0.3, 0.4) is 0 Å². The molecule has 3 aromatic rings. The average Bonchev–Trinajstić information content (AvgIpc) is 3.11. The first-order valence-corrected chi connectivity index (χ1v) is 9.84. The van der Waals surface area contributed by atoms with E-state index in [2.05, 4.69) is 15.1 Å². The monoisotopic (exact) mass is 447 g/mol. The smallest absolute Gasteiger partial charge is 0.362 e. The molecule has 0 unspecified atom stereocenters. The van der Waals surface area contributed by atoms with Crippen molar-refractivity contribution in [1.29, 1.82) is 0 Å². The number of anilines is 2. The normalized spacial score (nSPS) is 14.7. The van der Waals surface area contributed by atoms with Gasteiger partial charge in [0.1, 0.15) is 11.5 Å². The number of halogens is 3. The van der Waals surface area contributed by atoms with Gasteiger partial charge in [-0.3, -0.25) is 15.1 Å². The number of benzene rings is 1. The highest BCUT2D eigenvalue weighted by Crippen LogP contribution is 2.37. The first-order chi connectivity index (χ1) is 15.1. The Balaban J connectivity index is 1.52. The molecule has 0 spiro atoms. The molecule has 4 rings (SSSR count). The van der Waals surface area contributed by atoms with Gasteiger partial charge in [0.25, 0.3) is 5.69 Å². The maximum atomic E-state index is 13.0. The summed E-state index contributed by atoms with van der Waals surface area (Å²) < 4.78 is 40.6. The zero-order chi connectivity index (χ0) is 23.0. The van der Waals surface area contributed by atoms with Crippen LogP contribution in [-0.4, -0.2) is 50.9 Å². The van der Waals surface area contributed by atoms with E-state index in [9.17, 15) is 23.3 Å². The molecule has 12 heteroatoms. The number of piperazine rings is 1. The standard InChI is InChI=1S/C20H20F3N7O2/c1-13-9-14(2)29(26-13)19-12-24-11-18(25-19)28-7-5-27(6-8-28)16-4-3-15(20(21,22)23)10-17(16)30(31)32/h3-4,9-12H,5-8H2,1-2H3. The Kier molecular flexibility index (Phi) is 5.45. The van der Waals surface area contributed by atoms with E-state index in [0.717, 1.165) is 17.5 Å². The Labute approximate surface area is 181 Å². The van der Waals surface area contributed by atoms with Crippen LogP contribution in [0.2, 0.25) is 0 Å². The van der Waals surface area contributed by atoms with Crippen molar-refractivity contribution in [3.8, 4) is 5.82 Å². The number of rotatable bonds is 4. The van der Waals surface area contributed by atoms with Gasteiger partial charge in [-0.1, -0.05) is 0 Å². The Hall–Kier alpha value is -3.70. The fourth-order valence-corrected chi connectivity index (χ4v) is 3.75. The minimum atomic E-state index is -4.64. The first-order valence-electron chi connectivity index (χ1n) is 9.84. The molecule has 0 N–H and O–H groups in total. The second kappa shape index (κ2) is 8.09. The van der Waals surface area contributed by atoms with E-state index < -0.39 is 22.4 Å². The second-order valence-corrected chi connectivity index (χ2v) is 7.51. The number of nitrogens with zero attached hydrogens (tertiary/aromatic N) is 7. The molecule has 9 nitrogen and oxygen atoms in total. The molecular weight excluding hydrogens is 427 g/mol. The van der Waals surface area contributed by atoms with Crippen LogP contribution in [0.4, 0.5) is 30.4 Å². The van der Waals surface area contributed by atoms with Crippen molar-refractivity contribution in [1.82, 2.24) is 19.7 Å². The van der Waals surface area contributed by atoms with Gasteiger partial charge in [0, 0.05) is 37.9 Å². The summed E-state index contributed by atoms with van der Waals surface area (Å²) in [5.41, 5.74) is 0.363. The Morgan fingerprint density at radius 1 is 1.00 bits per heavy atom. The maximum Gasteiger partial charge on any atom is 0.416 e. The molecule has 0 bridgehead atoms. The van der Waals surface area contributed by atoms with Gasteiger partial charge in [-0.15, -0.1) is 0 Å². The van der Waals surface area contributed by atoms with Gasteiger partial charge < -0.3 is 9.80 Å². The van der Waals surface area contributed by atoms with Gasteiger partial charge in [0.2, 0.25) is 0 Å². The van der Waals surface area contributed by atoms with E-state index in [0.29, 0.717) is 43.9 Å². The van der Waals surface area contributed by atoms with Crippen LogP contribution in [0, 0.1) is 24.0 Å². The van der Waals surface area contributed by atoms with Crippen molar-refractivity contribution >= 4 is 17.2 Å². The van der Waals surface area contributed by atoms with Crippen molar-refractivity contribution in [2.24, 2.45) is 0 Å². The lowest BCUT2D eigenvalue weighted by Gasteiger charge is -2.36. The molecule has 0 saturated carbocycles. The van der Waals surface area contributed by atoms with Crippen molar-refractivity contribution in [2.45, 2.75) is 20.0 Å². The summed E-state index contributed by atoms with van der Waals surface area (Å²) in [5.74, 6) is 1.21. The van der Waals surface area contributed by atoms with Crippen LogP contribution in [-0.2, 0) is 6.18 Å². The maximum absolute atomic E-state index is 13.0. The van der Waals surface area contributed by atoms with Gasteiger partial charge in [0.15, 0.2) is 5.82 Å². The molecule has 0 aliphatic carbocycles. The third-order valence-corrected chi connectivity index (χ3v) is 5.28. The molecule has 1 fully saturated rings. The van der Waals surface area contributed by atoms with Crippen LogP contribution in [0.5, 0.6) is 0 Å². The zero-order valence-electron chi connectivity index (χ0n) is 17.4. The number of alkyl halides is 3. The van der Waals surface area contributed by atoms with Crippen LogP contribution < -0.4 is 9.80 Å². The summed E-state index contributed by atoms with van der Waals surface area (Å²) >= 11 is 0. The number of hydrogen-bond donors (Lipinski definition) is 0. The highest BCUT2D eigenvalue weighted by atomic mass is 19.4. The molecule has 168 valence electrons. The fourth-order valence-electron chi connectivity index (χ4n) is 3.75. The lowest BCUT2D eigenvalue weighted by molar-refractivity contribution is -0.384. The predicted octanol–water partition coefficient (Wildman–Crippen LogP) is 3.53. The van der Waals surface area contributed by atoms with Gasteiger partial charge >= 0.3 is 6.18 Å². The molecule has 2 aromatic heterocycles. The SMILES string of the molecule is Cc1cc(C)n(-c2cncc(N3CCN(c4ccc(C(F)(F)F)cc4[N+](=O)[O-])CC3)n2)n1. The highest BCUT2D eigenvalue weighted by molar-refractivity contribution is 5.65. The molecule has 32 heavy (non-hydrogen) atoms. The molecule has 1 saturated heterocycles. The van der Waals surface area contributed by atoms with Crippen LogP contribution in [0.25, 0.3) is 5.82 Å². The summed E-state index contributed by atoms with van der Waals surface area (Å²) in [4.78, 5) is 23.2. The summed E-state index contributed by atoms with van der Waals surface area (Å²) in [5, 5.41) is 15.8. The van der Waals surface area contributed by atoms with Crippen LogP contribution in [0.1, 0.15) is 17.0 Å². The highest BCUT2D eigenvalue weighted by Gasteiger charge is 2.34. The molecule has 0 amide bonds. The zero-order valence-corrected chi connectivity index (χ0v) is 17.4. The van der Waals surface area contributed by atoms with E-state index in [1.54, 1.807) is 22.0 Å². The summed E-state index contributed by atoms with van der Waals surface area (Å²) in [7, 11) is 0. The van der Waals surface area contributed by atoms with E-state index in [-0.39, 0.29) is 5.69 Å². The molecule has 0 radical (unpaired) electrons. The molecule has 3 heterocycles.